The highest BCUT2D eigenvalue weighted by molar-refractivity contribution is 5.97. The van der Waals surface area contributed by atoms with Gasteiger partial charge >= 0.3 is 0 Å². The lowest BCUT2D eigenvalue weighted by molar-refractivity contribution is 0.0325. The maximum Gasteiger partial charge on any atom is 0.259 e. The molecule has 1 aromatic heterocycles. The van der Waals surface area contributed by atoms with E-state index >= 15 is 0 Å². The number of aliphatic hydroxyl groups is 2. The maximum atomic E-state index is 13.6. The van der Waals surface area contributed by atoms with E-state index in [1.807, 2.05) is 25.1 Å². The molecule has 3 atom stereocenters. The molecule has 0 spiro atoms. The number of ether oxygens (including phenoxy) is 1. The van der Waals surface area contributed by atoms with E-state index in [0.717, 1.165) is 19.4 Å². The van der Waals surface area contributed by atoms with Crippen LogP contribution in [0.15, 0.2) is 42.6 Å². The highest BCUT2D eigenvalue weighted by Gasteiger charge is 2.34. The third-order valence-corrected chi connectivity index (χ3v) is 7.18. The molecule has 1 aromatic carbocycles. The number of likely N-dealkylation sites (N-methyl/N-ethyl adjacent to an activating group) is 1. The van der Waals surface area contributed by atoms with Crippen LogP contribution < -0.4 is 4.74 Å². The minimum absolute atomic E-state index is 0.0206. The molecule has 7 heteroatoms. The number of amides is 1. The van der Waals surface area contributed by atoms with Gasteiger partial charge in [0.25, 0.3) is 5.91 Å². The maximum absolute atomic E-state index is 13.6. The Kier molecular flexibility index (Phi) is 8.30. The Morgan fingerprint density at radius 2 is 2.00 bits per heavy atom. The molecule has 1 amide bonds. The number of aliphatic hydroxyl groups excluding tert-OH is 1. The Morgan fingerprint density at radius 1 is 1.28 bits per heavy atom. The van der Waals surface area contributed by atoms with Crippen molar-refractivity contribution in [2.75, 3.05) is 26.7 Å². The number of hydrogen-bond acceptors (Lipinski definition) is 6. The molecule has 0 unspecified atom stereocenters. The van der Waals surface area contributed by atoms with Gasteiger partial charge in [-0.1, -0.05) is 49.1 Å². The number of carbonyl (C=O) groups excluding carboxylic acids is 1. The van der Waals surface area contributed by atoms with Gasteiger partial charge in [-0.25, -0.2) is 4.98 Å². The lowest BCUT2D eigenvalue weighted by Crippen LogP contribution is -2.49. The first-order chi connectivity index (χ1) is 17.3. The Hall–Kier alpha value is -2.92. The number of hydrogen-bond donors (Lipinski definition) is 2. The van der Waals surface area contributed by atoms with E-state index in [4.69, 9.17) is 4.74 Å². The van der Waals surface area contributed by atoms with E-state index in [0.29, 0.717) is 37.1 Å². The lowest BCUT2D eigenvalue weighted by Gasteiger charge is -2.37. The van der Waals surface area contributed by atoms with Gasteiger partial charge in [0.2, 0.25) is 5.88 Å². The van der Waals surface area contributed by atoms with Gasteiger partial charge in [0.1, 0.15) is 17.3 Å². The highest BCUT2D eigenvalue weighted by atomic mass is 16.5. The van der Waals surface area contributed by atoms with Crippen LogP contribution in [0.5, 0.6) is 5.88 Å². The number of rotatable bonds is 6. The van der Waals surface area contributed by atoms with E-state index in [1.54, 1.807) is 17.2 Å². The molecule has 36 heavy (non-hydrogen) atoms. The first-order valence-electron chi connectivity index (χ1n) is 12.8. The van der Waals surface area contributed by atoms with Crippen LogP contribution >= 0.6 is 0 Å². The van der Waals surface area contributed by atoms with Crippen molar-refractivity contribution in [1.82, 2.24) is 14.8 Å². The first-order valence-corrected chi connectivity index (χ1v) is 12.8. The molecule has 1 aliphatic carbocycles. The second-order valence-corrected chi connectivity index (χ2v) is 10.4. The number of nitrogens with zero attached hydrogens (tertiary/aromatic N) is 3. The Morgan fingerprint density at radius 3 is 2.69 bits per heavy atom. The number of benzene rings is 1. The predicted molar refractivity (Wildman–Crippen MR) is 138 cm³/mol. The normalized spacial score (nSPS) is 22.2. The number of fused-ring (bicyclic) bond motifs is 1. The van der Waals surface area contributed by atoms with E-state index in [2.05, 4.69) is 47.8 Å². The van der Waals surface area contributed by atoms with Crippen molar-refractivity contribution in [3.05, 3.63) is 59.3 Å². The van der Waals surface area contributed by atoms with Crippen molar-refractivity contribution in [2.24, 2.45) is 5.92 Å². The van der Waals surface area contributed by atoms with Gasteiger partial charge in [0, 0.05) is 37.3 Å². The molecule has 7 nitrogen and oxygen atoms in total. The minimum Gasteiger partial charge on any atom is -0.472 e. The number of aromatic nitrogens is 1. The van der Waals surface area contributed by atoms with Gasteiger partial charge < -0.3 is 19.8 Å². The summed E-state index contributed by atoms with van der Waals surface area (Å²) in [4.78, 5) is 22.0. The van der Waals surface area contributed by atoms with Crippen LogP contribution in [0.3, 0.4) is 0 Å². The van der Waals surface area contributed by atoms with Crippen molar-refractivity contribution >= 4 is 5.91 Å². The quantitative estimate of drug-likeness (QED) is 0.604. The monoisotopic (exact) mass is 491 g/mol. The van der Waals surface area contributed by atoms with Crippen LogP contribution in [0.2, 0.25) is 0 Å². The van der Waals surface area contributed by atoms with Crippen molar-refractivity contribution in [1.29, 1.82) is 0 Å². The van der Waals surface area contributed by atoms with E-state index in [-0.39, 0.29) is 36.5 Å². The van der Waals surface area contributed by atoms with Crippen molar-refractivity contribution in [3.63, 3.8) is 0 Å². The molecule has 192 valence electrons. The van der Waals surface area contributed by atoms with Gasteiger partial charge in [0.05, 0.1) is 12.6 Å². The molecule has 2 heterocycles. The smallest absolute Gasteiger partial charge is 0.259 e. The molecule has 1 fully saturated rings. The second kappa shape index (κ2) is 11.4. The average Bonchev–Trinajstić information content (AvgIpc) is 3.31. The average molecular weight is 492 g/mol. The van der Waals surface area contributed by atoms with E-state index in [1.165, 1.54) is 5.56 Å². The standard InChI is InChI=1S/C29H37N3O4/c1-21-17-32(22(2)20-33)28(34)25-15-24(11-14-29(35)12-7-8-13-29)16-30-27(25)36-26(21)19-31(3)18-23-9-5-4-6-10-23/h4-6,9-10,15-16,21-22,26,33,35H,7-8,12-13,17-20H2,1-3H3/t21-,22-,26-/m0/s1. The predicted octanol–water partition coefficient (Wildman–Crippen LogP) is 3.09. The van der Waals surface area contributed by atoms with Crippen LogP contribution in [-0.2, 0) is 6.54 Å². The summed E-state index contributed by atoms with van der Waals surface area (Å²) in [5.41, 5.74) is 1.15. The summed E-state index contributed by atoms with van der Waals surface area (Å²) in [6.07, 6.45) is 4.66. The summed E-state index contributed by atoms with van der Waals surface area (Å²) in [6.45, 7) is 5.67. The summed E-state index contributed by atoms with van der Waals surface area (Å²) in [6, 6.07) is 11.6. The molecule has 2 N–H and O–H groups in total. The summed E-state index contributed by atoms with van der Waals surface area (Å²) < 4.78 is 6.38. The first kappa shape index (κ1) is 26.2. The fourth-order valence-electron chi connectivity index (χ4n) is 4.93. The number of pyridine rings is 1. The van der Waals surface area contributed by atoms with Gasteiger partial charge in [-0.05, 0) is 51.3 Å². The van der Waals surface area contributed by atoms with Gasteiger partial charge in [-0.15, -0.1) is 0 Å². The number of carbonyl (C=O) groups is 1. The Bertz CT molecular complexity index is 1100. The van der Waals surface area contributed by atoms with Crippen LogP contribution in [0.4, 0.5) is 0 Å². The van der Waals surface area contributed by atoms with Crippen LogP contribution in [0.1, 0.15) is 61.0 Å². The fourth-order valence-corrected chi connectivity index (χ4v) is 4.93. The van der Waals surface area contributed by atoms with E-state index < -0.39 is 5.60 Å². The highest BCUT2D eigenvalue weighted by Crippen LogP contribution is 2.30. The molecule has 2 aromatic rings. The van der Waals surface area contributed by atoms with Crippen molar-refractivity contribution in [2.45, 2.75) is 63.8 Å². The largest absolute Gasteiger partial charge is 0.472 e. The topological polar surface area (TPSA) is 86.1 Å². The van der Waals surface area contributed by atoms with Crippen LogP contribution in [-0.4, -0.2) is 75.4 Å². The fraction of sp³-hybridized carbons (Fsp3) is 0.517. The van der Waals surface area contributed by atoms with Crippen molar-refractivity contribution in [3.8, 4) is 17.7 Å². The summed E-state index contributed by atoms with van der Waals surface area (Å²) in [5.74, 6) is 6.08. The molecule has 1 saturated carbocycles. The zero-order valence-corrected chi connectivity index (χ0v) is 21.5. The molecule has 1 aliphatic heterocycles. The third kappa shape index (κ3) is 6.25. The third-order valence-electron chi connectivity index (χ3n) is 7.18. The van der Waals surface area contributed by atoms with Crippen molar-refractivity contribution < 1.29 is 19.7 Å². The molecular formula is C29H37N3O4. The zero-order valence-electron chi connectivity index (χ0n) is 21.5. The van der Waals surface area contributed by atoms with Crippen LogP contribution in [0, 0.1) is 17.8 Å². The molecular weight excluding hydrogens is 454 g/mol. The molecule has 0 radical (unpaired) electrons. The minimum atomic E-state index is -0.966. The molecule has 0 saturated heterocycles. The van der Waals surface area contributed by atoms with Gasteiger partial charge in [0.15, 0.2) is 0 Å². The summed E-state index contributed by atoms with van der Waals surface area (Å²) >= 11 is 0. The Balaban J connectivity index is 1.61. The summed E-state index contributed by atoms with van der Waals surface area (Å²) in [7, 11) is 2.06. The van der Waals surface area contributed by atoms with Crippen LogP contribution in [0.25, 0.3) is 0 Å². The SMILES string of the molecule is C[C@H]1CN([C@@H](C)CO)C(=O)c2cc(C#CC3(O)CCCC3)cnc2O[C@H]1CN(C)Cc1ccccc1. The summed E-state index contributed by atoms with van der Waals surface area (Å²) in [5, 5.41) is 20.5. The lowest BCUT2D eigenvalue weighted by atomic mass is 9.99. The molecule has 0 bridgehead atoms. The molecule has 4 rings (SSSR count). The van der Waals surface area contributed by atoms with E-state index in [9.17, 15) is 15.0 Å². The van der Waals surface area contributed by atoms with Gasteiger partial charge in [-0.2, -0.15) is 0 Å². The zero-order chi connectivity index (χ0) is 25.7. The second-order valence-electron chi connectivity index (χ2n) is 10.4. The molecule has 2 aliphatic rings. The van der Waals surface area contributed by atoms with Gasteiger partial charge in [-0.3, -0.25) is 9.69 Å². The Labute approximate surface area is 214 Å².